The van der Waals surface area contributed by atoms with Gasteiger partial charge < -0.3 is 19.9 Å². The quantitative estimate of drug-likeness (QED) is 0.887. The van der Waals surface area contributed by atoms with E-state index in [-0.39, 0.29) is 6.04 Å². The van der Waals surface area contributed by atoms with E-state index in [4.69, 9.17) is 9.47 Å². The summed E-state index contributed by atoms with van der Waals surface area (Å²) in [4.78, 5) is 4.26. The third-order valence-corrected chi connectivity index (χ3v) is 4.35. The highest BCUT2D eigenvalue weighted by Crippen LogP contribution is 2.32. The molecule has 2 heterocycles. The van der Waals surface area contributed by atoms with Gasteiger partial charge in [0, 0.05) is 18.1 Å². The fraction of sp³-hybridized carbons (Fsp3) is 0.400. The second-order valence-electron chi connectivity index (χ2n) is 4.92. The molecule has 0 radical (unpaired) electrons. The van der Waals surface area contributed by atoms with Crippen LogP contribution in [0, 0.1) is 0 Å². The lowest BCUT2D eigenvalue weighted by atomic mass is 10.1. The highest BCUT2D eigenvalue weighted by Gasteiger charge is 2.16. The second-order valence-corrected chi connectivity index (χ2v) is 5.85. The van der Waals surface area contributed by atoms with Gasteiger partial charge in [-0.2, -0.15) is 0 Å². The number of nitrogens with zero attached hydrogens (tertiary/aromatic N) is 1. The fourth-order valence-electron chi connectivity index (χ4n) is 2.21. The van der Waals surface area contributed by atoms with Crippen molar-refractivity contribution in [2.45, 2.75) is 19.1 Å². The van der Waals surface area contributed by atoms with Crippen LogP contribution in [0.5, 0.6) is 11.5 Å². The Balaban J connectivity index is 1.61. The zero-order valence-corrected chi connectivity index (χ0v) is 12.6. The van der Waals surface area contributed by atoms with Crippen LogP contribution in [-0.2, 0) is 0 Å². The summed E-state index contributed by atoms with van der Waals surface area (Å²) in [7, 11) is 0. The summed E-state index contributed by atoms with van der Waals surface area (Å²) in [6.45, 7) is 3.61. The lowest BCUT2D eigenvalue weighted by Gasteiger charge is -2.21. The summed E-state index contributed by atoms with van der Waals surface area (Å²) in [5.41, 5.74) is 0.818. The van der Waals surface area contributed by atoms with Crippen molar-refractivity contribution in [2.75, 3.05) is 19.8 Å². The minimum absolute atomic E-state index is 0.122. The third-order valence-electron chi connectivity index (χ3n) is 3.39. The third kappa shape index (κ3) is 3.34. The van der Waals surface area contributed by atoms with Crippen molar-refractivity contribution in [3.8, 4) is 11.5 Å². The Morgan fingerprint density at radius 1 is 1.33 bits per heavy atom. The predicted molar refractivity (Wildman–Crippen MR) is 80.9 cm³/mol. The van der Waals surface area contributed by atoms with Gasteiger partial charge in [0.05, 0.1) is 12.1 Å². The topological polar surface area (TPSA) is 63.6 Å². The summed E-state index contributed by atoms with van der Waals surface area (Å²) in [5.74, 6) is 1.44. The van der Waals surface area contributed by atoms with Gasteiger partial charge in [-0.15, -0.1) is 11.3 Å². The molecule has 2 aromatic rings. The molecule has 0 bridgehead atoms. The molecule has 1 aliphatic heterocycles. The van der Waals surface area contributed by atoms with E-state index in [1.54, 1.807) is 17.5 Å². The van der Waals surface area contributed by atoms with E-state index in [0.717, 1.165) is 16.3 Å². The van der Waals surface area contributed by atoms with Gasteiger partial charge in [-0.25, -0.2) is 4.98 Å². The normalized spacial score (nSPS) is 16.5. The number of aromatic nitrogens is 1. The molecule has 2 N–H and O–H groups in total. The first kappa shape index (κ1) is 14.3. The molecular formula is C15H18N2O3S. The van der Waals surface area contributed by atoms with Crippen molar-refractivity contribution in [2.24, 2.45) is 0 Å². The number of thiazole rings is 1. The summed E-state index contributed by atoms with van der Waals surface area (Å²) in [6, 6.07) is 5.68. The largest absolute Gasteiger partial charge is 0.486 e. The van der Waals surface area contributed by atoms with Crippen LogP contribution in [0.3, 0.4) is 0 Å². The molecule has 0 saturated heterocycles. The Kier molecular flexibility index (Phi) is 4.38. The number of benzene rings is 1. The molecule has 3 rings (SSSR count). The molecule has 21 heavy (non-hydrogen) atoms. The molecular weight excluding hydrogens is 288 g/mol. The van der Waals surface area contributed by atoms with Crippen LogP contribution in [0.2, 0.25) is 0 Å². The minimum Gasteiger partial charge on any atom is -0.486 e. The molecule has 2 atom stereocenters. The van der Waals surface area contributed by atoms with E-state index in [0.29, 0.717) is 25.5 Å². The lowest BCUT2D eigenvalue weighted by molar-refractivity contribution is 0.161. The van der Waals surface area contributed by atoms with Crippen LogP contribution in [0.1, 0.15) is 29.6 Å². The summed E-state index contributed by atoms with van der Waals surface area (Å²) >= 11 is 1.61. The van der Waals surface area contributed by atoms with Crippen molar-refractivity contribution >= 4 is 11.3 Å². The Hall–Kier alpha value is -1.63. The Labute approximate surface area is 127 Å². The second kappa shape index (κ2) is 6.43. The molecule has 0 amide bonds. The molecule has 1 aliphatic rings. The molecule has 0 spiro atoms. The number of aliphatic hydroxyl groups is 1. The van der Waals surface area contributed by atoms with Crippen molar-refractivity contribution in [1.82, 2.24) is 10.3 Å². The average Bonchev–Trinajstić information content (AvgIpc) is 3.06. The Morgan fingerprint density at radius 2 is 2.14 bits per heavy atom. The zero-order valence-electron chi connectivity index (χ0n) is 11.8. The summed E-state index contributed by atoms with van der Waals surface area (Å²) in [5, 5.41) is 16.5. The van der Waals surface area contributed by atoms with Crippen molar-refractivity contribution in [3.05, 3.63) is 40.3 Å². The molecule has 6 heteroatoms. The van der Waals surface area contributed by atoms with Crippen LogP contribution < -0.4 is 14.8 Å². The molecule has 0 aliphatic carbocycles. The van der Waals surface area contributed by atoms with E-state index in [1.165, 1.54) is 0 Å². The number of aliphatic hydroxyl groups excluding tert-OH is 1. The summed E-state index contributed by atoms with van der Waals surface area (Å²) in [6.07, 6.45) is 1.19. The van der Waals surface area contributed by atoms with E-state index in [9.17, 15) is 5.11 Å². The number of hydrogen-bond acceptors (Lipinski definition) is 6. The van der Waals surface area contributed by atoms with Crippen LogP contribution >= 0.6 is 11.3 Å². The average molecular weight is 306 g/mol. The van der Waals surface area contributed by atoms with Crippen LogP contribution in [0.15, 0.2) is 29.8 Å². The van der Waals surface area contributed by atoms with Crippen LogP contribution in [-0.4, -0.2) is 29.8 Å². The van der Waals surface area contributed by atoms with Gasteiger partial charge in [-0.3, -0.25) is 0 Å². The number of hydrogen-bond donors (Lipinski definition) is 2. The van der Waals surface area contributed by atoms with Gasteiger partial charge in [0.25, 0.3) is 0 Å². The maximum absolute atomic E-state index is 10.3. The standard InChI is InChI=1S/C15H18N2O3S/c1-10(15-16-4-7-21-15)17-9-12(18)11-2-3-13-14(8-11)20-6-5-19-13/h2-4,7-8,10,12,17-18H,5-6,9H2,1H3. The first-order chi connectivity index (χ1) is 10.2. The van der Waals surface area contributed by atoms with Crippen LogP contribution in [0.25, 0.3) is 0 Å². The van der Waals surface area contributed by atoms with Gasteiger partial charge in [0.2, 0.25) is 0 Å². The molecule has 0 fully saturated rings. The van der Waals surface area contributed by atoms with E-state index in [2.05, 4.69) is 10.3 Å². The Bertz CT molecular complexity index is 589. The highest BCUT2D eigenvalue weighted by atomic mass is 32.1. The minimum atomic E-state index is -0.594. The van der Waals surface area contributed by atoms with Crippen molar-refractivity contribution < 1.29 is 14.6 Å². The highest BCUT2D eigenvalue weighted by molar-refractivity contribution is 7.09. The van der Waals surface area contributed by atoms with E-state index >= 15 is 0 Å². The van der Waals surface area contributed by atoms with Gasteiger partial charge in [0.1, 0.15) is 18.2 Å². The smallest absolute Gasteiger partial charge is 0.161 e. The maximum Gasteiger partial charge on any atom is 0.161 e. The molecule has 1 aromatic carbocycles. The maximum atomic E-state index is 10.3. The SMILES string of the molecule is CC(NCC(O)c1ccc2c(c1)OCCO2)c1nccs1. The predicted octanol–water partition coefficient (Wildman–Crippen LogP) is 2.30. The first-order valence-electron chi connectivity index (χ1n) is 6.94. The first-order valence-corrected chi connectivity index (χ1v) is 7.82. The monoisotopic (exact) mass is 306 g/mol. The molecule has 0 saturated carbocycles. The summed E-state index contributed by atoms with van der Waals surface area (Å²) < 4.78 is 11.0. The van der Waals surface area contributed by atoms with Gasteiger partial charge in [-0.05, 0) is 24.6 Å². The fourth-order valence-corrected chi connectivity index (χ4v) is 2.88. The lowest BCUT2D eigenvalue weighted by Crippen LogP contribution is -2.24. The van der Waals surface area contributed by atoms with Crippen molar-refractivity contribution in [3.63, 3.8) is 0 Å². The Morgan fingerprint density at radius 3 is 2.90 bits per heavy atom. The zero-order chi connectivity index (χ0) is 14.7. The number of rotatable bonds is 5. The van der Waals surface area contributed by atoms with Crippen molar-refractivity contribution in [1.29, 1.82) is 0 Å². The van der Waals surface area contributed by atoms with Gasteiger partial charge in [-0.1, -0.05) is 6.07 Å². The van der Waals surface area contributed by atoms with E-state index in [1.807, 2.05) is 30.5 Å². The van der Waals surface area contributed by atoms with Gasteiger partial charge in [0.15, 0.2) is 11.5 Å². The number of fused-ring (bicyclic) bond motifs is 1. The number of nitrogens with one attached hydrogen (secondary N) is 1. The van der Waals surface area contributed by atoms with Crippen LogP contribution in [0.4, 0.5) is 0 Å². The molecule has 112 valence electrons. The molecule has 1 aromatic heterocycles. The van der Waals surface area contributed by atoms with Gasteiger partial charge >= 0.3 is 0 Å². The molecule has 2 unspecified atom stereocenters. The number of ether oxygens (including phenoxy) is 2. The molecule has 5 nitrogen and oxygen atoms in total. The van der Waals surface area contributed by atoms with E-state index < -0.39 is 6.10 Å².